The number of hydrogen-bond donors (Lipinski definition) is 1. The lowest BCUT2D eigenvalue weighted by molar-refractivity contribution is -0.119. The number of piperidine rings is 1. The largest absolute Gasteiger partial charge is 0.334 e. The van der Waals surface area contributed by atoms with Crippen LogP contribution in [-0.4, -0.2) is 54.8 Å². The SMILES string of the molecule is CN(C)CC1CCCCN1C(=O)c1ccc2c(c1)C(C)(C)C(=O)N2. The molecule has 1 saturated heterocycles. The summed E-state index contributed by atoms with van der Waals surface area (Å²) in [5.74, 6) is 0.0741. The van der Waals surface area contributed by atoms with Crippen LogP contribution in [-0.2, 0) is 10.2 Å². The molecule has 2 aliphatic heterocycles. The van der Waals surface area contributed by atoms with Crippen LogP contribution in [0.4, 0.5) is 5.69 Å². The summed E-state index contributed by atoms with van der Waals surface area (Å²) in [6.45, 7) is 5.51. The lowest BCUT2D eigenvalue weighted by Gasteiger charge is -2.37. The fraction of sp³-hybridized carbons (Fsp3) is 0.579. The lowest BCUT2D eigenvalue weighted by atomic mass is 9.85. The Hall–Kier alpha value is -1.88. The molecule has 1 unspecified atom stereocenters. The minimum atomic E-state index is -0.587. The van der Waals surface area contributed by atoms with Crippen molar-refractivity contribution in [3.05, 3.63) is 29.3 Å². The van der Waals surface area contributed by atoms with E-state index in [9.17, 15) is 9.59 Å². The smallest absolute Gasteiger partial charge is 0.254 e. The molecular weight excluding hydrogens is 302 g/mol. The van der Waals surface area contributed by atoms with Crippen LogP contribution in [0.5, 0.6) is 0 Å². The van der Waals surface area contributed by atoms with Gasteiger partial charge in [-0.3, -0.25) is 9.59 Å². The second-order valence-electron chi connectivity index (χ2n) is 7.75. The maximum absolute atomic E-state index is 13.1. The summed E-state index contributed by atoms with van der Waals surface area (Å²) in [6, 6.07) is 5.86. The Kier molecular flexibility index (Phi) is 4.38. The number of nitrogens with one attached hydrogen (secondary N) is 1. The maximum atomic E-state index is 13.1. The van der Waals surface area contributed by atoms with Crippen LogP contribution < -0.4 is 5.32 Å². The first-order chi connectivity index (χ1) is 11.3. The maximum Gasteiger partial charge on any atom is 0.254 e. The van der Waals surface area contributed by atoms with Gasteiger partial charge in [-0.25, -0.2) is 0 Å². The van der Waals surface area contributed by atoms with Crippen LogP contribution >= 0.6 is 0 Å². The highest BCUT2D eigenvalue weighted by Gasteiger charge is 2.39. The van der Waals surface area contributed by atoms with Gasteiger partial charge in [0.05, 0.1) is 5.41 Å². The topological polar surface area (TPSA) is 52.7 Å². The number of likely N-dealkylation sites (N-methyl/N-ethyl adjacent to an activating group) is 1. The summed E-state index contributed by atoms with van der Waals surface area (Å²) in [5, 5.41) is 2.90. The number of carbonyl (C=O) groups excluding carboxylic acids is 2. The normalized spacial score (nSPS) is 22.5. The molecule has 2 heterocycles. The summed E-state index contributed by atoms with van der Waals surface area (Å²) >= 11 is 0. The monoisotopic (exact) mass is 329 g/mol. The van der Waals surface area contributed by atoms with Crippen molar-refractivity contribution >= 4 is 17.5 Å². The Morgan fingerprint density at radius 3 is 2.79 bits per heavy atom. The van der Waals surface area contributed by atoms with Gasteiger partial charge in [-0.15, -0.1) is 0 Å². The Morgan fingerprint density at radius 1 is 1.33 bits per heavy atom. The van der Waals surface area contributed by atoms with E-state index in [4.69, 9.17) is 0 Å². The van der Waals surface area contributed by atoms with Crippen LogP contribution in [0, 0.1) is 0 Å². The van der Waals surface area contributed by atoms with E-state index in [0.717, 1.165) is 37.2 Å². The zero-order valence-corrected chi connectivity index (χ0v) is 15.1. The van der Waals surface area contributed by atoms with Gasteiger partial charge in [-0.1, -0.05) is 0 Å². The molecule has 24 heavy (non-hydrogen) atoms. The van der Waals surface area contributed by atoms with E-state index in [2.05, 4.69) is 10.2 Å². The molecule has 5 nitrogen and oxygen atoms in total. The molecule has 0 spiro atoms. The molecule has 0 radical (unpaired) electrons. The van der Waals surface area contributed by atoms with Crippen molar-refractivity contribution in [3.63, 3.8) is 0 Å². The van der Waals surface area contributed by atoms with Crippen molar-refractivity contribution in [2.75, 3.05) is 32.5 Å². The zero-order chi connectivity index (χ0) is 17.5. The molecule has 2 amide bonds. The molecule has 1 atom stereocenters. The summed E-state index contributed by atoms with van der Waals surface area (Å²) < 4.78 is 0. The first kappa shape index (κ1) is 17.0. The minimum Gasteiger partial charge on any atom is -0.334 e. The molecule has 0 aliphatic carbocycles. The van der Waals surface area contributed by atoms with Gasteiger partial charge in [-0.05, 0) is 71.0 Å². The first-order valence-electron chi connectivity index (χ1n) is 8.72. The van der Waals surface area contributed by atoms with E-state index >= 15 is 0 Å². The highest BCUT2D eigenvalue weighted by Crippen LogP contribution is 2.38. The molecule has 2 aliphatic rings. The predicted octanol–water partition coefficient (Wildman–Crippen LogP) is 2.47. The second-order valence-corrected chi connectivity index (χ2v) is 7.75. The van der Waals surface area contributed by atoms with Gasteiger partial charge in [0.15, 0.2) is 0 Å². The lowest BCUT2D eigenvalue weighted by Crippen LogP contribution is -2.48. The summed E-state index contributed by atoms with van der Waals surface area (Å²) in [4.78, 5) is 29.3. The minimum absolute atomic E-state index is 0.00874. The van der Waals surface area contributed by atoms with Gasteiger partial charge in [0.1, 0.15) is 0 Å². The number of hydrogen-bond acceptors (Lipinski definition) is 3. The molecule has 0 aromatic heterocycles. The number of rotatable bonds is 3. The van der Waals surface area contributed by atoms with Crippen LogP contribution in [0.25, 0.3) is 0 Å². The summed E-state index contributed by atoms with van der Waals surface area (Å²) in [6.07, 6.45) is 3.30. The van der Waals surface area contributed by atoms with Crippen molar-refractivity contribution in [1.29, 1.82) is 0 Å². The number of fused-ring (bicyclic) bond motifs is 1. The van der Waals surface area contributed by atoms with E-state index in [1.165, 1.54) is 6.42 Å². The molecule has 1 N–H and O–H groups in total. The molecule has 3 rings (SSSR count). The highest BCUT2D eigenvalue weighted by atomic mass is 16.2. The molecule has 0 bridgehead atoms. The Labute approximate surface area is 144 Å². The van der Waals surface area contributed by atoms with Crippen molar-refractivity contribution < 1.29 is 9.59 Å². The second kappa shape index (κ2) is 6.20. The first-order valence-corrected chi connectivity index (χ1v) is 8.72. The number of anilines is 1. The number of benzene rings is 1. The predicted molar refractivity (Wildman–Crippen MR) is 95.3 cm³/mol. The number of nitrogens with zero attached hydrogens (tertiary/aromatic N) is 2. The van der Waals surface area contributed by atoms with Gasteiger partial charge in [0.2, 0.25) is 5.91 Å². The van der Waals surface area contributed by atoms with Crippen LogP contribution in [0.1, 0.15) is 49.0 Å². The molecule has 0 saturated carbocycles. The number of carbonyl (C=O) groups is 2. The quantitative estimate of drug-likeness (QED) is 0.927. The molecule has 1 aromatic rings. The Balaban J connectivity index is 1.88. The fourth-order valence-electron chi connectivity index (χ4n) is 3.75. The van der Waals surface area contributed by atoms with E-state index in [-0.39, 0.29) is 17.9 Å². The number of amides is 2. The van der Waals surface area contributed by atoms with Gasteiger partial charge >= 0.3 is 0 Å². The van der Waals surface area contributed by atoms with E-state index in [1.807, 2.05) is 51.0 Å². The van der Waals surface area contributed by atoms with Crippen molar-refractivity contribution in [3.8, 4) is 0 Å². The average molecular weight is 329 g/mol. The zero-order valence-electron chi connectivity index (χ0n) is 15.1. The summed E-state index contributed by atoms with van der Waals surface area (Å²) in [7, 11) is 4.10. The van der Waals surface area contributed by atoms with E-state index in [0.29, 0.717) is 5.56 Å². The van der Waals surface area contributed by atoms with Crippen molar-refractivity contribution in [2.45, 2.75) is 44.6 Å². The Morgan fingerprint density at radius 2 is 2.08 bits per heavy atom. The van der Waals surface area contributed by atoms with Crippen LogP contribution in [0.3, 0.4) is 0 Å². The average Bonchev–Trinajstić information content (AvgIpc) is 2.76. The molecule has 1 fully saturated rings. The van der Waals surface area contributed by atoms with E-state index < -0.39 is 5.41 Å². The Bertz CT molecular complexity index is 667. The summed E-state index contributed by atoms with van der Waals surface area (Å²) in [5.41, 5.74) is 1.84. The molecule has 5 heteroatoms. The van der Waals surface area contributed by atoms with Gasteiger partial charge in [0, 0.05) is 30.4 Å². The van der Waals surface area contributed by atoms with Crippen molar-refractivity contribution in [1.82, 2.24) is 9.80 Å². The number of likely N-dealkylation sites (tertiary alicyclic amines) is 1. The van der Waals surface area contributed by atoms with Gasteiger partial charge < -0.3 is 15.1 Å². The molecular formula is C19H27N3O2. The third-order valence-corrected chi connectivity index (χ3v) is 5.22. The third-order valence-electron chi connectivity index (χ3n) is 5.22. The van der Waals surface area contributed by atoms with Gasteiger partial charge in [-0.2, -0.15) is 0 Å². The third kappa shape index (κ3) is 2.93. The highest BCUT2D eigenvalue weighted by molar-refractivity contribution is 6.07. The van der Waals surface area contributed by atoms with Gasteiger partial charge in [0.25, 0.3) is 5.91 Å². The fourth-order valence-corrected chi connectivity index (χ4v) is 3.75. The van der Waals surface area contributed by atoms with Crippen LogP contribution in [0.2, 0.25) is 0 Å². The van der Waals surface area contributed by atoms with E-state index in [1.54, 1.807) is 0 Å². The van der Waals surface area contributed by atoms with Crippen molar-refractivity contribution in [2.24, 2.45) is 0 Å². The van der Waals surface area contributed by atoms with Crippen LogP contribution in [0.15, 0.2) is 18.2 Å². The molecule has 1 aromatic carbocycles. The molecule has 130 valence electrons. The standard InChI is InChI=1S/C19H27N3O2/c1-19(2)15-11-13(8-9-16(15)20-18(19)24)17(23)22-10-6-5-7-14(22)12-21(3)4/h8-9,11,14H,5-7,10,12H2,1-4H3,(H,20,24).